The van der Waals surface area contributed by atoms with Crippen LogP contribution in [0.15, 0.2) is 65.9 Å². The molecule has 27 heavy (non-hydrogen) atoms. The van der Waals surface area contributed by atoms with E-state index in [1.807, 2.05) is 30.3 Å². The molecule has 4 rings (SSSR count). The van der Waals surface area contributed by atoms with Crippen molar-refractivity contribution < 1.29 is 14.0 Å². The lowest BCUT2D eigenvalue weighted by atomic mass is 9.86. The van der Waals surface area contributed by atoms with Crippen LogP contribution in [0.1, 0.15) is 23.3 Å². The molecule has 3 heterocycles. The molecule has 2 aromatic heterocycles. The van der Waals surface area contributed by atoms with Crippen LogP contribution in [0.5, 0.6) is 0 Å². The Kier molecular flexibility index (Phi) is 4.45. The number of nitrogens with one attached hydrogen (secondary N) is 1. The van der Waals surface area contributed by atoms with Crippen LogP contribution in [0.4, 0.5) is 5.69 Å². The maximum absolute atomic E-state index is 13.2. The molecular weight excluding hydrogens is 346 g/mol. The number of rotatable bonds is 4. The van der Waals surface area contributed by atoms with Gasteiger partial charge in [0.25, 0.3) is 11.8 Å². The standard InChI is InChI=1S/C19H19N5O3/c25-17(16-13-27-14-20-16)23-11-7-19(8-12-23,24-10-4-9-21-24)18(26)22-15-5-2-1-3-6-15/h1-6,9-10,13-14H,7-8,11-12H2,(H,22,26). The van der Waals surface area contributed by atoms with Gasteiger partial charge in [0.1, 0.15) is 11.8 Å². The first-order valence-electron chi connectivity index (χ1n) is 8.73. The highest BCUT2D eigenvalue weighted by Gasteiger charge is 2.44. The van der Waals surface area contributed by atoms with E-state index < -0.39 is 5.54 Å². The Morgan fingerprint density at radius 2 is 1.89 bits per heavy atom. The molecule has 8 heteroatoms. The maximum atomic E-state index is 13.2. The molecule has 0 spiro atoms. The van der Waals surface area contributed by atoms with Crippen molar-refractivity contribution >= 4 is 17.5 Å². The fourth-order valence-corrected chi connectivity index (χ4v) is 3.41. The molecule has 0 unspecified atom stereocenters. The van der Waals surface area contributed by atoms with Crippen molar-refractivity contribution in [3.63, 3.8) is 0 Å². The number of nitrogens with zero attached hydrogens (tertiary/aromatic N) is 4. The van der Waals surface area contributed by atoms with Crippen LogP contribution in [-0.2, 0) is 10.3 Å². The summed E-state index contributed by atoms with van der Waals surface area (Å²) >= 11 is 0. The van der Waals surface area contributed by atoms with E-state index in [-0.39, 0.29) is 17.5 Å². The van der Waals surface area contributed by atoms with Crippen molar-refractivity contribution in [2.24, 2.45) is 0 Å². The van der Waals surface area contributed by atoms with E-state index in [1.54, 1.807) is 28.0 Å². The number of hydrogen-bond acceptors (Lipinski definition) is 5. The molecule has 0 aliphatic carbocycles. The van der Waals surface area contributed by atoms with Gasteiger partial charge in [-0.3, -0.25) is 14.3 Å². The van der Waals surface area contributed by atoms with E-state index >= 15 is 0 Å². The van der Waals surface area contributed by atoms with E-state index in [0.29, 0.717) is 25.9 Å². The second kappa shape index (κ2) is 7.06. The zero-order chi connectivity index (χ0) is 18.7. The smallest absolute Gasteiger partial charge is 0.275 e. The average molecular weight is 365 g/mol. The van der Waals surface area contributed by atoms with Crippen LogP contribution in [0.25, 0.3) is 0 Å². The fraction of sp³-hybridized carbons (Fsp3) is 0.263. The Hall–Kier alpha value is -3.42. The molecule has 1 N–H and O–H groups in total. The molecule has 3 aromatic rings. The normalized spacial score (nSPS) is 16.1. The summed E-state index contributed by atoms with van der Waals surface area (Å²) in [4.78, 5) is 31.3. The number of piperidine rings is 1. The third-order valence-corrected chi connectivity index (χ3v) is 4.93. The van der Waals surface area contributed by atoms with Crippen molar-refractivity contribution in [1.82, 2.24) is 19.7 Å². The van der Waals surface area contributed by atoms with Crippen molar-refractivity contribution in [2.75, 3.05) is 18.4 Å². The molecule has 0 bridgehead atoms. The minimum atomic E-state index is -0.847. The van der Waals surface area contributed by atoms with Gasteiger partial charge in [-0.15, -0.1) is 0 Å². The minimum absolute atomic E-state index is 0.133. The molecule has 2 amide bonds. The number of carbonyl (C=O) groups is 2. The summed E-state index contributed by atoms with van der Waals surface area (Å²) in [6.07, 6.45) is 6.93. The molecule has 1 saturated heterocycles. The number of benzene rings is 1. The third kappa shape index (κ3) is 3.21. The van der Waals surface area contributed by atoms with Gasteiger partial charge in [-0.1, -0.05) is 18.2 Å². The third-order valence-electron chi connectivity index (χ3n) is 4.93. The SMILES string of the molecule is O=C(c1cocn1)N1CCC(C(=O)Nc2ccccc2)(n2cccn2)CC1. The van der Waals surface area contributed by atoms with Crippen molar-refractivity contribution in [3.05, 3.63) is 67.1 Å². The number of likely N-dealkylation sites (tertiary alicyclic amines) is 1. The van der Waals surface area contributed by atoms with Crippen LogP contribution >= 0.6 is 0 Å². The van der Waals surface area contributed by atoms with E-state index in [0.717, 1.165) is 5.69 Å². The van der Waals surface area contributed by atoms with E-state index in [2.05, 4.69) is 15.4 Å². The van der Waals surface area contributed by atoms with E-state index in [9.17, 15) is 9.59 Å². The van der Waals surface area contributed by atoms with Crippen LogP contribution in [0.3, 0.4) is 0 Å². The summed E-state index contributed by atoms with van der Waals surface area (Å²) in [5.41, 5.74) is 0.158. The van der Waals surface area contributed by atoms with Crippen LogP contribution in [-0.4, -0.2) is 44.6 Å². The van der Waals surface area contributed by atoms with Gasteiger partial charge >= 0.3 is 0 Å². The fourth-order valence-electron chi connectivity index (χ4n) is 3.41. The Balaban J connectivity index is 1.55. The van der Waals surface area contributed by atoms with Gasteiger partial charge in [-0.05, 0) is 31.0 Å². The van der Waals surface area contributed by atoms with Gasteiger partial charge in [0, 0.05) is 31.2 Å². The maximum Gasteiger partial charge on any atom is 0.275 e. The second-order valence-electron chi connectivity index (χ2n) is 6.47. The molecule has 138 valence electrons. The summed E-state index contributed by atoms with van der Waals surface area (Å²) in [5, 5.41) is 7.30. The number of oxazole rings is 1. The summed E-state index contributed by atoms with van der Waals surface area (Å²) in [5.74, 6) is -0.327. The first kappa shape index (κ1) is 17.0. The molecule has 1 aliphatic rings. The van der Waals surface area contributed by atoms with E-state index in [1.165, 1.54) is 12.7 Å². The Bertz CT molecular complexity index is 898. The molecular formula is C19H19N5O3. The predicted octanol–water partition coefficient (Wildman–Crippen LogP) is 2.14. The summed E-state index contributed by atoms with van der Waals surface area (Å²) in [6.45, 7) is 0.849. The quantitative estimate of drug-likeness (QED) is 0.765. The van der Waals surface area contributed by atoms with Gasteiger partial charge in [0.2, 0.25) is 0 Å². The summed E-state index contributed by atoms with van der Waals surface area (Å²) in [7, 11) is 0. The summed E-state index contributed by atoms with van der Waals surface area (Å²) < 4.78 is 6.59. The lowest BCUT2D eigenvalue weighted by molar-refractivity contribution is -0.127. The topological polar surface area (TPSA) is 93.3 Å². The number of aromatic nitrogens is 3. The second-order valence-corrected chi connectivity index (χ2v) is 6.47. The molecule has 1 aliphatic heterocycles. The zero-order valence-corrected chi connectivity index (χ0v) is 14.6. The van der Waals surface area contributed by atoms with Gasteiger partial charge in [0.15, 0.2) is 12.1 Å². The molecule has 1 aromatic carbocycles. The monoisotopic (exact) mass is 365 g/mol. The summed E-state index contributed by atoms with van der Waals surface area (Å²) in [6, 6.07) is 11.1. The Morgan fingerprint density at radius 3 is 2.52 bits per heavy atom. The lowest BCUT2D eigenvalue weighted by Crippen LogP contribution is -2.54. The molecule has 8 nitrogen and oxygen atoms in total. The largest absolute Gasteiger partial charge is 0.451 e. The van der Waals surface area contributed by atoms with Crippen molar-refractivity contribution in [2.45, 2.75) is 18.4 Å². The van der Waals surface area contributed by atoms with Crippen LogP contribution in [0.2, 0.25) is 0 Å². The predicted molar refractivity (Wildman–Crippen MR) is 96.9 cm³/mol. The first-order chi connectivity index (χ1) is 13.2. The molecule has 0 atom stereocenters. The Morgan fingerprint density at radius 1 is 1.11 bits per heavy atom. The Labute approximate surface area is 155 Å². The number of amides is 2. The van der Waals surface area contributed by atoms with Crippen LogP contribution < -0.4 is 5.32 Å². The minimum Gasteiger partial charge on any atom is -0.451 e. The molecule has 1 fully saturated rings. The number of anilines is 1. The number of para-hydroxylation sites is 1. The van der Waals surface area contributed by atoms with Gasteiger partial charge in [0.05, 0.1) is 0 Å². The van der Waals surface area contributed by atoms with Gasteiger partial charge in [-0.2, -0.15) is 5.10 Å². The highest BCUT2D eigenvalue weighted by Crippen LogP contribution is 2.32. The number of carbonyl (C=O) groups excluding carboxylic acids is 2. The average Bonchev–Trinajstić information content (AvgIpc) is 3.42. The van der Waals surface area contributed by atoms with Gasteiger partial charge in [-0.25, -0.2) is 4.98 Å². The highest BCUT2D eigenvalue weighted by atomic mass is 16.3. The van der Waals surface area contributed by atoms with Crippen molar-refractivity contribution in [3.8, 4) is 0 Å². The zero-order valence-electron chi connectivity index (χ0n) is 14.6. The first-order valence-corrected chi connectivity index (χ1v) is 8.73. The van der Waals surface area contributed by atoms with Crippen LogP contribution in [0, 0.1) is 0 Å². The van der Waals surface area contributed by atoms with Gasteiger partial charge < -0.3 is 14.6 Å². The lowest BCUT2D eigenvalue weighted by Gasteiger charge is -2.40. The van der Waals surface area contributed by atoms with E-state index in [4.69, 9.17) is 4.42 Å². The molecule has 0 radical (unpaired) electrons. The number of hydrogen-bond donors (Lipinski definition) is 1. The van der Waals surface area contributed by atoms with Crippen molar-refractivity contribution in [1.29, 1.82) is 0 Å². The molecule has 0 saturated carbocycles. The highest BCUT2D eigenvalue weighted by molar-refractivity contribution is 5.97.